The monoisotopic (exact) mass is 669 g/mol. The molecular formula is C42H63N5O2. The topological polar surface area (TPSA) is 84.0 Å². The summed E-state index contributed by atoms with van der Waals surface area (Å²) in [5.74, 6) is 1.85. The zero-order valence-corrected chi connectivity index (χ0v) is 31.9. The van der Waals surface area contributed by atoms with E-state index in [-0.39, 0.29) is 28.3 Å². The molecule has 0 amide bonds. The molecule has 1 aliphatic carbocycles. The van der Waals surface area contributed by atoms with Crippen molar-refractivity contribution in [3.8, 4) is 11.5 Å². The van der Waals surface area contributed by atoms with Crippen LogP contribution in [-0.2, 0) is 22.7 Å². The molecule has 3 aliphatic rings. The van der Waals surface area contributed by atoms with Crippen LogP contribution in [0.5, 0.6) is 11.5 Å². The van der Waals surface area contributed by atoms with Crippen molar-refractivity contribution in [2.75, 3.05) is 32.7 Å². The molecule has 7 nitrogen and oxygen atoms in total. The normalized spacial score (nSPS) is 21.0. The second kappa shape index (κ2) is 14.9. The van der Waals surface area contributed by atoms with Gasteiger partial charge in [-0.2, -0.15) is 0 Å². The van der Waals surface area contributed by atoms with E-state index in [9.17, 15) is 10.2 Å². The maximum atomic E-state index is 11.5. The molecule has 1 saturated carbocycles. The molecule has 1 saturated heterocycles. The second-order valence-electron chi connectivity index (χ2n) is 17.7. The molecule has 2 fully saturated rings. The number of phenolic OH excluding ortho intramolecular Hbond substituents is 2. The van der Waals surface area contributed by atoms with Crippen LogP contribution >= 0.6 is 0 Å². The third-order valence-electron chi connectivity index (χ3n) is 10.5. The largest absolute Gasteiger partial charge is 0.507 e. The number of aromatic hydroxyl groups is 2. The van der Waals surface area contributed by atoms with Gasteiger partial charge in [0.05, 0.1) is 12.1 Å². The molecule has 2 N–H and O–H groups in total. The van der Waals surface area contributed by atoms with Gasteiger partial charge in [-0.1, -0.05) is 87.3 Å². The Morgan fingerprint density at radius 1 is 0.714 bits per heavy atom. The van der Waals surface area contributed by atoms with Gasteiger partial charge >= 0.3 is 0 Å². The zero-order valence-electron chi connectivity index (χ0n) is 31.9. The average molecular weight is 670 g/mol. The van der Waals surface area contributed by atoms with E-state index in [1.165, 1.54) is 23.5 Å². The Hall–Kier alpha value is -3.35. The molecule has 0 spiro atoms. The number of aryl methyl sites for hydroxylation is 1. The molecule has 49 heavy (non-hydrogen) atoms. The lowest BCUT2D eigenvalue weighted by molar-refractivity contribution is 0.242. The van der Waals surface area contributed by atoms with Gasteiger partial charge in [0, 0.05) is 67.4 Å². The van der Waals surface area contributed by atoms with Crippen LogP contribution in [0.2, 0.25) is 0 Å². The van der Waals surface area contributed by atoms with Gasteiger partial charge in [0.15, 0.2) is 5.96 Å². The summed E-state index contributed by atoms with van der Waals surface area (Å²) < 4.78 is 0. The smallest absolute Gasteiger partial charge is 0.196 e. The molecule has 0 unspecified atom stereocenters. The Bertz CT molecular complexity index is 1550. The van der Waals surface area contributed by atoms with E-state index in [4.69, 9.17) is 15.0 Å². The third-order valence-corrected chi connectivity index (χ3v) is 10.5. The van der Waals surface area contributed by atoms with Gasteiger partial charge in [-0.15, -0.1) is 0 Å². The summed E-state index contributed by atoms with van der Waals surface area (Å²) in [6, 6.07) is 8.64. The molecule has 2 heterocycles. The van der Waals surface area contributed by atoms with Crippen molar-refractivity contribution in [3.63, 3.8) is 0 Å². The van der Waals surface area contributed by atoms with Crippen molar-refractivity contribution in [3.05, 3.63) is 57.6 Å². The molecule has 0 bridgehead atoms. The Morgan fingerprint density at radius 2 is 1.29 bits per heavy atom. The van der Waals surface area contributed by atoms with E-state index in [0.717, 1.165) is 99.9 Å². The first-order chi connectivity index (χ1) is 23.0. The van der Waals surface area contributed by atoms with Gasteiger partial charge in [0.1, 0.15) is 11.5 Å². The summed E-state index contributed by atoms with van der Waals surface area (Å²) >= 11 is 0. The average Bonchev–Trinajstić information content (AvgIpc) is 3.03. The van der Waals surface area contributed by atoms with Crippen LogP contribution in [0, 0.1) is 0 Å². The van der Waals surface area contributed by atoms with Crippen molar-refractivity contribution < 1.29 is 10.2 Å². The van der Waals surface area contributed by atoms with Gasteiger partial charge in [-0.05, 0) is 78.0 Å². The first-order valence-corrected chi connectivity index (χ1v) is 18.9. The Labute approximate surface area is 296 Å². The highest BCUT2D eigenvalue weighted by Gasteiger charge is 2.28. The Kier molecular flexibility index (Phi) is 11.2. The van der Waals surface area contributed by atoms with E-state index < -0.39 is 0 Å². The molecule has 2 aromatic carbocycles. The molecule has 7 heteroatoms. The van der Waals surface area contributed by atoms with E-state index in [1.807, 2.05) is 12.4 Å². The highest BCUT2D eigenvalue weighted by atomic mass is 16.3. The maximum absolute atomic E-state index is 11.5. The first kappa shape index (κ1) is 36.9. The van der Waals surface area contributed by atoms with Crippen molar-refractivity contribution in [1.29, 1.82) is 0 Å². The van der Waals surface area contributed by atoms with Crippen LogP contribution in [0.25, 0.3) is 0 Å². The SMILES string of the molecule is CC(C)(C)c1cc(C=N[C@@H]2CCCC[C@H]2N=Cc2cc(CCCN3CCCN4CCCN=C43)cc(C(C)(C)C)c2O)c(O)c(C(C)(C)C)c1. The molecule has 2 aromatic rings. The van der Waals surface area contributed by atoms with Crippen molar-refractivity contribution in [2.24, 2.45) is 15.0 Å². The fourth-order valence-corrected chi connectivity index (χ4v) is 7.48. The number of hydrogen-bond acceptors (Lipinski definition) is 7. The summed E-state index contributed by atoms with van der Waals surface area (Å²) in [7, 11) is 0. The predicted octanol–water partition coefficient (Wildman–Crippen LogP) is 8.54. The van der Waals surface area contributed by atoms with Crippen LogP contribution in [0.4, 0.5) is 0 Å². The highest BCUT2D eigenvalue weighted by molar-refractivity contribution is 5.86. The van der Waals surface area contributed by atoms with Crippen molar-refractivity contribution in [1.82, 2.24) is 9.80 Å². The van der Waals surface area contributed by atoms with Gasteiger partial charge in [-0.3, -0.25) is 15.0 Å². The molecule has 0 radical (unpaired) electrons. The quantitative estimate of drug-likeness (QED) is 0.276. The number of aliphatic imine (C=N–C) groups is 3. The lowest BCUT2D eigenvalue weighted by atomic mass is 9.79. The highest BCUT2D eigenvalue weighted by Crippen LogP contribution is 2.38. The second-order valence-corrected chi connectivity index (χ2v) is 17.7. The van der Waals surface area contributed by atoms with Crippen LogP contribution in [0.3, 0.4) is 0 Å². The molecular weight excluding hydrogens is 606 g/mol. The number of benzene rings is 2. The lowest BCUT2D eigenvalue weighted by Crippen LogP contribution is -2.52. The Morgan fingerprint density at radius 3 is 1.88 bits per heavy atom. The van der Waals surface area contributed by atoms with Crippen LogP contribution in [0.1, 0.15) is 141 Å². The summed E-state index contributed by atoms with van der Waals surface area (Å²) in [5, 5.41) is 22.8. The van der Waals surface area contributed by atoms with Crippen LogP contribution < -0.4 is 0 Å². The molecule has 0 aromatic heterocycles. The minimum Gasteiger partial charge on any atom is -0.507 e. The van der Waals surface area contributed by atoms with Crippen LogP contribution in [0.15, 0.2) is 39.2 Å². The number of rotatable bonds is 8. The number of nitrogens with zero attached hydrogens (tertiary/aromatic N) is 5. The molecule has 268 valence electrons. The molecule has 5 rings (SSSR count). The number of fused-ring (bicyclic) bond motifs is 1. The van der Waals surface area contributed by atoms with Crippen molar-refractivity contribution >= 4 is 18.4 Å². The first-order valence-electron chi connectivity index (χ1n) is 18.9. The van der Waals surface area contributed by atoms with E-state index in [2.05, 4.69) is 96.4 Å². The minimum absolute atomic E-state index is 0.0273. The lowest BCUT2D eigenvalue weighted by Gasteiger charge is -2.41. The van der Waals surface area contributed by atoms with Gasteiger partial charge in [0.2, 0.25) is 0 Å². The van der Waals surface area contributed by atoms with E-state index in [1.54, 1.807) is 0 Å². The molecule has 2 atom stereocenters. The number of hydrogen-bond donors (Lipinski definition) is 2. The fourth-order valence-electron chi connectivity index (χ4n) is 7.48. The minimum atomic E-state index is -0.194. The van der Waals surface area contributed by atoms with E-state index >= 15 is 0 Å². The number of guanidine groups is 1. The van der Waals surface area contributed by atoms with Gasteiger partial charge in [0.25, 0.3) is 0 Å². The Balaban J connectivity index is 1.36. The van der Waals surface area contributed by atoms with Gasteiger partial charge in [-0.25, -0.2) is 0 Å². The maximum Gasteiger partial charge on any atom is 0.196 e. The van der Waals surface area contributed by atoms with Gasteiger partial charge < -0.3 is 20.0 Å². The summed E-state index contributed by atoms with van der Waals surface area (Å²) in [6.45, 7) is 24.8. The standard InChI is InChI=1S/C42H63N5O2/c1-40(2,3)32-25-31(38(49)34(26-32)42(7,8)9)28-45-36-17-11-10-16-35(36)44-27-30-23-29(24-33(37(30)48)41(4,5)6)15-12-19-46-21-14-22-47-20-13-18-43-39(46)47/h23-28,35-36,48-49H,10-22H2,1-9H3/t35-,36-/m1/s1. The predicted molar refractivity (Wildman–Crippen MR) is 207 cm³/mol. The molecule has 2 aliphatic heterocycles. The third kappa shape index (κ3) is 9.07. The van der Waals surface area contributed by atoms with Crippen molar-refractivity contribution in [2.45, 2.75) is 142 Å². The zero-order chi connectivity index (χ0) is 35.6. The van der Waals surface area contributed by atoms with Crippen LogP contribution in [-0.4, -0.2) is 83.2 Å². The van der Waals surface area contributed by atoms with E-state index in [0.29, 0.717) is 11.5 Å². The number of phenols is 2. The summed E-state index contributed by atoms with van der Waals surface area (Å²) in [6.07, 6.45) is 12.3. The summed E-state index contributed by atoms with van der Waals surface area (Å²) in [5.41, 5.74) is 5.49. The fraction of sp³-hybridized carbons (Fsp3) is 0.643. The summed E-state index contributed by atoms with van der Waals surface area (Å²) in [4.78, 5) is 20.0.